The highest BCUT2D eigenvalue weighted by molar-refractivity contribution is 5.95. The number of phenols is 1. The topological polar surface area (TPSA) is 75.3 Å². The van der Waals surface area contributed by atoms with E-state index in [-0.39, 0.29) is 17.2 Å². The lowest BCUT2D eigenvalue weighted by Crippen LogP contribution is -2.46. The van der Waals surface area contributed by atoms with Crippen LogP contribution in [0, 0.1) is 6.92 Å². The van der Waals surface area contributed by atoms with Gasteiger partial charge in [0.05, 0.1) is 0 Å². The highest BCUT2D eigenvalue weighted by Gasteiger charge is 2.24. The molecule has 1 aromatic carbocycles. The lowest BCUT2D eigenvalue weighted by atomic mass is 9.94. The van der Waals surface area contributed by atoms with Crippen LogP contribution in [0.4, 0.5) is 0 Å². The van der Waals surface area contributed by atoms with Gasteiger partial charge in [-0.15, -0.1) is 0 Å². The second kappa shape index (κ2) is 5.87. The Bertz CT molecular complexity index is 432. The Labute approximate surface area is 108 Å². The van der Waals surface area contributed by atoms with Gasteiger partial charge in [0, 0.05) is 11.1 Å². The normalized spacial score (nSPS) is 14.0. The van der Waals surface area contributed by atoms with Gasteiger partial charge in [-0.1, -0.05) is 13.0 Å². The van der Waals surface area contributed by atoms with Gasteiger partial charge in [-0.3, -0.25) is 4.79 Å². The van der Waals surface area contributed by atoms with Crippen molar-refractivity contribution < 1.29 is 9.90 Å². The number of benzene rings is 1. The number of carbonyl (C=O) groups is 1. The molecule has 4 nitrogen and oxygen atoms in total. The first-order valence-corrected chi connectivity index (χ1v) is 6.24. The minimum Gasteiger partial charge on any atom is -0.508 e. The Hall–Kier alpha value is -1.55. The summed E-state index contributed by atoms with van der Waals surface area (Å²) < 4.78 is 0. The molecule has 0 saturated carbocycles. The van der Waals surface area contributed by atoms with Crippen molar-refractivity contribution in [3.8, 4) is 5.75 Å². The molecule has 0 aromatic heterocycles. The summed E-state index contributed by atoms with van der Waals surface area (Å²) >= 11 is 0. The summed E-state index contributed by atoms with van der Waals surface area (Å²) in [4.78, 5) is 12.1. The highest BCUT2D eigenvalue weighted by Crippen LogP contribution is 2.19. The van der Waals surface area contributed by atoms with Crippen molar-refractivity contribution in [1.29, 1.82) is 0 Å². The molecule has 0 spiro atoms. The molecule has 0 aliphatic rings. The number of nitrogens with one attached hydrogen (secondary N) is 1. The van der Waals surface area contributed by atoms with Gasteiger partial charge in [0.1, 0.15) is 5.75 Å². The molecule has 0 aliphatic carbocycles. The Kier molecular flexibility index (Phi) is 4.73. The molecule has 0 saturated heterocycles. The van der Waals surface area contributed by atoms with Gasteiger partial charge in [-0.05, 0) is 50.9 Å². The SMILES string of the molecule is CCC(C)(CCN)NC(=O)c1ccc(C)c(O)c1. The summed E-state index contributed by atoms with van der Waals surface area (Å²) in [5.41, 5.74) is 6.48. The van der Waals surface area contributed by atoms with E-state index in [4.69, 9.17) is 5.73 Å². The van der Waals surface area contributed by atoms with Gasteiger partial charge < -0.3 is 16.2 Å². The maximum absolute atomic E-state index is 12.1. The van der Waals surface area contributed by atoms with Crippen LogP contribution < -0.4 is 11.1 Å². The van der Waals surface area contributed by atoms with Crippen molar-refractivity contribution in [3.63, 3.8) is 0 Å². The molecule has 0 radical (unpaired) electrons. The zero-order valence-corrected chi connectivity index (χ0v) is 11.3. The molecular weight excluding hydrogens is 228 g/mol. The van der Waals surface area contributed by atoms with Crippen LogP contribution in [0.15, 0.2) is 18.2 Å². The summed E-state index contributed by atoms with van der Waals surface area (Å²) in [7, 11) is 0. The van der Waals surface area contributed by atoms with Crippen molar-refractivity contribution in [2.24, 2.45) is 5.73 Å². The first kappa shape index (κ1) is 14.5. The molecule has 18 heavy (non-hydrogen) atoms. The number of amides is 1. The van der Waals surface area contributed by atoms with E-state index in [0.717, 1.165) is 18.4 Å². The molecular formula is C14H22N2O2. The van der Waals surface area contributed by atoms with Gasteiger partial charge in [0.25, 0.3) is 5.91 Å². The zero-order valence-electron chi connectivity index (χ0n) is 11.3. The second-order valence-corrected chi connectivity index (χ2v) is 4.91. The molecule has 1 unspecified atom stereocenters. The van der Waals surface area contributed by atoms with Crippen molar-refractivity contribution in [2.45, 2.75) is 39.2 Å². The molecule has 4 N–H and O–H groups in total. The van der Waals surface area contributed by atoms with E-state index in [0.29, 0.717) is 12.1 Å². The van der Waals surface area contributed by atoms with Crippen LogP contribution >= 0.6 is 0 Å². The van der Waals surface area contributed by atoms with E-state index < -0.39 is 0 Å². The monoisotopic (exact) mass is 250 g/mol. The van der Waals surface area contributed by atoms with Crippen LogP contribution in [0.25, 0.3) is 0 Å². The fourth-order valence-electron chi connectivity index (χ4n) is 1.74. The molecule has 1 rings (SSSR count). The van der Waals surface area contributed by atoms with E-state index in [1.54, 1.807) is 19.1 Å². The molecule has 0 bridgehead atoms. The average molecular weight is 250 g/mol. The van der Waals surface area contributed by atoms with Crippen LogP contribution in [0.1, 0.15) is 42.6 Å². The Balaban J connectivity index is 2.84. The maximum atomic E-state index is 12.1. The van der Waals surface area contributed by atoms with Gasteiger partial charge in [-0.2, -0.15) is 0 Å². The number of rotatable bonds is 5. The van der Waals surface area contributed by atoms with Gasteiger partial charge in [-0.25, -0.2) is 0 Å². The third-order valence-corrected chi connectivity index (χ3v) is 3.36. The van der Waals surface area contributed by atoms with Gasteiger partial charge in [0.15, 0.2) is 0 Å². The maximum Gasteiger partial charge on any atom is 0.251 e. The Morgan fingerprint density at radius 1 is 1.50 bits per heavy atom. The highest BCUT2D eigenvalue weighted by atomic mass is 16.3. The third kappa shape index (κ3) is 3.47. The van der Waals surface area contributed by atoms with Crippen LogP contribution in [0.3, 0.4) is 0 Å². The van der Waals surface area contributed by atoms with Crippen molar-refractivity contribution in [3.05, 3.63) is 29.3 Å². The summed E-state index contributed by atoms with van der Waals surface area (Å²) in [5.74, 6) is -0.0391. The van der Waals surface area contributed by atoms with E-state index in [9.17, 15) is 9.90 Å². The first-order chi connectivity index (χ1) is 8.41. The molecule has 1 aromatic rings. The molecule has 100 valence electrons. The van der Waals surface area contributed by atoms with E-state index in [1.165, 1.54) is 6.07 Å². The van der Waals surface area contributed by atoms with E-state index in [2.05, 4.69) is 5.32 Å². The summed E-state index contributed by atoms with van der Waals surface area (Å²) in [6, 6.07) is 4.93. The quantitative estimate of drug-likeness (QED) is 0.747. The minimum atomic E-state index is -0.299. The first-order valence-electron chi connectivity index (χ1n) is 6.24. The predicted molar refractivity (Wildman–Crippen MR) is 72.7 cm³/mol. The summed E-state index contributed by atoms with van der Waals surface area (Å²) in [6.45, 7) is 6.32. The van der Waals surface area contributed by atoms with Crippen LogP contribution in [0.2, 0.25) is 0 Å². The lowest BCUT2D eigenvalue weighted by molar-refractivity contribution is 0.0899. The number of phenolic OH excluding ortho intramolecular Hbond substituents is 1. The van der Waals surface area contributed by atoms with E-state index in [1.807, 2.05) is 13.8 Å². The van der Waals surface area contributed by atoms with Crippen molar-refractivity contribution >= 4 is 5.91 Å². The number of hydrogen-bond acceptors (Lipinski definition) is 3. The second-order valence-electron chi connectivity index (χ2n) is 4.91. The minimum absolute atomic E-state index is 0.139. The largest absolute Gasteiger partial charge is 0.508 e. The fourth-order valence-corrected chi connectivity index (χ4v) is 1.74. The van der Waals surface area contributed by atoms with Crippen molar-refractivity contribution in [1.82, 2.24) is 5.32 Å². The molecule has 1 amide bonds. The smallest absolute Gasteiger partial charge is 0.251 e. The summed E-state index contributed by atoms with van der Waals surface area (Å²) in [5, 5.41) is 12.6. The Morgan fingerprint density at radius 3 is 2.67 bits per heavy atom. The number of aryl methyl sites for hydroxylation is 1. The van der Waals surface area contributed by atoms with Gasteiger partial charge in [0.2, 0.25) is 0 Å². The average Bonchev–Trinajstić information content (AvgIpc) is 2.32. The summed E-state index contributed by atoms with van der Waals surface area (Å²) in [6.07, 6.45) is 1.54. The molecule has 0 aliphatic heterocycles. The molecule has 0 heterocycles. The number of carbonyl (C=O) groups excluding carboxylic acids is 1. The standard InChI is InChI=1S/C14H22N2O2/c1-4-14(3,7-8-15)16-13(18)11-6-5-10(2)12(17)9-11/h5-6,9,17H,4,7-8,15H2,1-3H3,(H,16,18). The fraction of sp³-hybridized carbons (Fsp3) is 0.500. The number of nitrogens with two attached hydrogens (primary N) is 1. The van der Waals surface area contributed by atoms with Crippen LogP contribution in [0.5, 0.6) is 5.75 Å². The van der Waals surface area contributed by atoms with Crippen molar-refractivity contribution in [2.75, 3.05) is 6.54 Å². The number of aromatic hydroxyl groups is 1. The molecule has 4 heteroatoms. The van der Waals surface area contributed by atoms with E-state index >= 15 is 0 Å². The molecule has 1 atom stereocenters. The predicted octanol–water partition coefficient (Wildman–Crippen LogP) is 1.95. The molecule has 0 fully saturated rings. The van der Waals surface area contributed by atoms with Gasteiger partial charge >= 0.3 is 0 Å². The lowest BCUT2D eigenvalue weighted by Gasteiger charge is -2.29. The third-order valence-electron chi connectivity index (χ3n) is 3.36. The van der Waals surface area contributed by atoms with Crippen LogP contribution in [-0.4, -0.2) is 23.1 Å². The zero-order chi connectivity index (χ0) is 13.8. The van der Waals surface area contributed by atoms with Crippen LogP contribution in [-0.2, 0) is 0 Å². The Morgan fingerprint density at radius 2 is 2.17 bits per heavy atom. The number of hydrogen-bond donors (Lipinski definition) is 3.